The minimum Gasteiger partial charge on any atom is -0.468 e. The molecule has 0 amide bonds. The van der Waals surface area contributed by atoms with Crippen LogP contribution in [0.1, 0.15) is 29.5 Å². The molecule has 2 aromatic heterocycles. The summed E-state index contributed by atoms with van der Waals surface area (Å²) in [7, 11) is 0. The summed E-state index contributed by atoms with van der Waals surface area (Å²) in [6.07, 6.45) is 5.04. The number of benzene rings is 2. The third-order valence-electron chi connectivity index (χ3n) is 5.45. The molecule has 0 N–H and O–H groups in total. The summed E-state index contributed by atoms with van der Waals surface area (Å²) in [4.78, 5) is 2.50. The molecule has 0 bridgehead atoms. The molecular weight excluding hydrogens is 360 g/mol. The summed E-state index contributed by atoms with van der Waals surface area (Å²) in [5, 5.41) is 0. The van der Waals surface area contributed by atoms with Gasteiger partial charge in [-0.25, -0.2) is 0 Å². The van der Waals surface area contributed by atoms with Crippen molar-refractivity contribution < 1.29 is 9.15 Å². The number of ether oxygens (including phenoxy) is 1. The summed E-state index contributed by atoms with van der Waals surface area (Å²) in [6, 6.07) is 26.9. The van der Waals surface area contributed by atoms with Gasteiger partial charge in [-0.2, -0.15) is 0 Å². The molecule has 1 atom stereocenters. The number of aryl methyl sites for hydroxylation is 1. The SMILES string of the molecule is c1ccc(Oc2cccc([C@@H]3c4cccn4CCCN3Cc3ccco3)c2)cc1. The second kappa shape index (κ2) is 8.02. The molecule has 5 rings (SSSR count). The zero-order chi connectivity index (χ0) is 19.5. The third-order valence-corrected chi connectivity index (χ3v) is 5.45. The molecule has 4 nitrogen and oxygen atoms in total. The van der Waals surface area contributed by atoms with Gasteiger partial charge >= 0.3 is 0 Å². The minimum absolute atomic E-state index is 0.150. The summed E-state index contributed by atoms with van der Waals surface area (Å²) in [5.41, 5.74) is 2.54. The maximum absolute atomic E-state index is 6.11. The smallest absolute Gasteiger partial charge is 0.127 e. The van der Waals surface area contributed by atoms with E-state index in [0.29, 0.717) is 0 Å². The molecule has 0 fully saturated rings. The quantitative estimate of drug-likeness (QED) is 0.431. The normalized spacial score (nSPS) is 16.9. The van der Waals surface area contributed by atoms with Crippen molar-refractivity contribution in [3.05, 3.63) is 108 Å². The van der Waals surface area contributed by atoms with E-state index in [1.807, 2.05) is 42.5 Å². The van der Waals surface area contributed by atoms with Gasteiger partial charge in [0, 0.05) is 25.0 Å². The molecule has 1 aliphatic rings. The van der Waals surface area contributed by atoms with E-state index in [1.54, 1.807) is 6.26 Å². The van der Waals surface area contributed by atoms with Crippen molar-refractivity contribution in [1.82, 2.24) is 9.47 Å². The molecule has 2 aromatic carbocycles. The summed E-state index contributed by atoms with van der Waals surface area (Å²) < 4.78 is 14.1. The molecular formula is C25H24N2O2. The fraction of sp³-hybridized carbons (Fsp3) is 0.200. The van der Waals surface area contributed by atoms with Gasteiger partial charge < -0.3 is 13.7 Å². The van der Waals surface area contributed by atoms with Crippen LogP contribution >= 0.6 is 0 Å². The molecule has 0 saturated heterocycles. The lowest BCUT2D eigenvalue weighted by Gasteiger charge is -2.30. The second-order valence-electron chi connectivity index (χ2n) is 7.42. The Morgan fingerprint density at radius 1 is 0.862 bits per heavy atom. The number of nitrogens with zero attached hydrogens (tertiary/aromatic N) is 2. The van der Waals surface area contributed by atoms with Crippen LogP contribution < -0.4 is 4.74 Å². The molecule has 29 heavy (non-hydrogen) atoms. The Balaban J connectivity index is 1.51. The zero-order valence-corrected chi connectivity index (χ0v) is 16.3. The van der Waals surface area contributed by atoms with Crippen molar-refractivity contribution in [3.8, 4) is 11.5 Å². The fourth-order valence-electron chi connectivity index (χ4n) is 4.17. The van der Waals surface area contributed by atoms with E-state index in [-0.39, 0.29) is 6.04 Å². The predicted molar refractivity (Wildman–Crippen MR) is 113 cm³/mol. The second-order valence-corrected chi connectivity index (χ2v) is 7.42. The van der Waals surface area contributed by atoms with Crippen LogP contribution in [-0.4, -0.2) is 16.0 Å². The summed E-state index contributed by atoms with van der Waals surface area (Å²) >= 11 is 0. The van der Waals surface area contributed by atoms with Crippen molar-refractivity contribution >= 4 is 0 Å². The molecule has 0 unspecified atom stereocenters. The van der Waals surface area contributed by atoms with Crippen LogP contribution in [0.15, 0.2) is 95.7 Å². The van der Waals surface area contributed by atoms with E-state index in [9.17, 15) is 0 Å². The number of hydrogen-bond donors (Lipinski definition) is 0. The molecule has 1 aliphatic heterocycles. The molecule has 146 valence electrons. The number of para-hydroxylation sites is 1. The Bertz CT molecular complexity index is 1050. The fourth-order valence-corrected chi connectivity index (χ4v) is 4.17. The Morgan fingerprint density at radius 3 is 2.62 bits per heavy atom. The van der Waals surface area contributed by atoms with Crippen LogP contribution in [-0.2, 0) is 13.1 Å². The number of aromatic nitrogens is 1. The Labute approximate surface area is 171 Å². The lowest BCUT2D eigenvalue weighted by atomic mass is 10.0. The summed E-state index contributed by atoms with van der Waals surface area (Å²) in [5.74, 6) is 2.70. The summed E-state index contributed by atoms with van der Waals surface area (Å²) in [6.45, 7) is 2.83. The first kappa shape index (κ1) is 17.8. The van der Waals surface area contributed by atoms with E-state index < -0.39 is 0 Å². The lowest BCUT2D eigenvalue weighted by Crippen LogP contribution is -2.29. The van der Waals surface area contributed by atoms with Gasteiger partial charge in [-0.05, 0) is 60.5 Å². The number of rotatable bonds is 5. The highest BCUT2D eigenvalue weighted by atomic mass is 16.5. The number of hydrogen-bond acceptors (Lipinski definition) is 3. The van der Waals surface area contributed by atoms with Crippen LogP contribution in [0.2, 0.25) is 0 Å². The Kier molecular flexibility index (Phi) is 4.93. The lowest BCUT2D eigenvalue weighted by molar-refractivity contribution is 0.203. The Morgan fingerprint density at radius 2 is 1.76 bits per heavy atom. The van der Waals surface area contributed by atoms with Gasteiger partial charge in [0.1, 0.15) is 17.3 Å². The monoisotopic (exact) mass is 384 g/mol. The van der Waals surface area contributed by atoms with Crippen LogP contribution in [0.3, 0.4) is 0 Å². The van der Waals surface area contributed by atoms with Crippen molar-refractivity contribution in [2.45, 2.75) is 25.6 Å². The van der Waals surface area contributed by atoms with Crippen molar-refractivity contribution in [3.63, 3.8) is 0 Å². The first-order valence-electron chi connectivity index (χ1n) is 10.1. The predicted octanol–water partition coefficient (Wildman–Crippen LogP) is 5.87. The molecule has 3 heterocycles. The molecule has 0 spiro atoms. The topological polar surface area (TPSA) is 30.5 Å². The van der Waals surface area contributed by atoms with Gasteiger partial charge in [0.15, 0.2) is 0 Å². The van der Waals surface area contributed by atoms with E-state index in [4.69, 9.17) is 9.15 Å². The molecule has 4 aromatic rings. The van der Waals surface area contributed by atoms with Gasteiger partial charge in [0.05, 0.1) is 18.8 Å². The largest absolute Gasteiger partial charge is 0.468 e. The Hall–Kier alpha value is -3.24. The highest BCUT2D eigenvalue weighted by Crippen LogP contribution is 2.35. The average molecular weight is 384 g/mol. The van der Waals surface area contributed by atoms with Gasteiger partial charge in [0.2, 0.25) is 0 Å². The van der Waals surface area contributed by atoms with Crippen molar-refractivity contribution in [2.24, 2.45) is 0 Å². The van der Waals surface area contributed by atoms with Gasteiger partial charge in [-0.1, -0.05) is 30.3 Å². The van der Waals surface area contributed by atoms with Gasteiger partial charge in [-0.3, -0.25) is 4.90 Å². The van der Waals surface area contributed by atoms with Gasteiger partial charge in [-0.15, -0.1) is 0 Å². The van der Waals surface area contributed by atoms with Crippen LogP contribution in [0.4, 0.5) is 0 Å². The first-order valence-corrected chi connectivity index (χ1v) is 10.1. The average Bonchev–Trinajstić information content (AvgIpc) is 3.39. The van der Waals surface area contributed by atoms with Gasteiger partial charge in [0.25, 0.3) is 0 Å². The first-order chi connectivity index (χ1) is 14.4. The minimum atomic E-state index is 0.150. The van der Waals surface area contributed by atoms with E-state index in [2.05, 4.69) is 52.1 Å². The maximum atomic E-state index is 6.11. The van der Waals surface area contributed by atoms with Crippen LogP contribution in [0.5, 0.6) is 11.5 Å². The molecule has 0 saturated carbocycles. The standard InChI is InChI=1S/C25H24N2O2/c1-2-9-21(10-3-1)29-22-11-4-8-20(18-22)25-24-13-5-14-26(24)15-7-16-27(25)19-23-12-6-17-28-23/h1-6,8-14,17-18,25H,7,15-16,19H2/t25-/m1/s1. The maximum Gasteiger partial charge on any atom is 0.127 e. The third kappa shape index (κ3) is 3.84. The molecule has 0 radical (unpaired) electrons. The highest BCUT2D eigenvalue weighted by Gasteiger charge is 2.28. The molecule has 4 heteroatoms. The number of furan rings is 1. The van der Waals surface area contributed by atoms with E-state index >= 15 is 0 Å². The highest BCUT2D eigenvalue weighted by molar-refractivity contribution is 5.38. The van der Waals surface area contributed by atoms with E-state index in [1.165, 1.54) is 11.3 Å². The van der Waals surface area contributed by atoms with E-state index in [0.717, 1.165) is 43.3 Å². The zero-order valence-electron chi connectivity index (χ0n) is 16.3. The van der Waals surface area contributed by atoms with Crippen molar-refractivity contribution in [1.29, 1.82) is 0 Å². The number of fused-ring (bicyclic) bond motifs is 1. The van der Waals surface area contributed by atoms with Crippen molar-refractivity contribution in [2.75, 3.05) is 6.54 Å². The van der Waals surface area contributed by atoms with Crippen LogP contribution in [0.25, 0.3) is 0 Å². The van der Waals surface area contributed by atoms with Crippen LogP contribution in [0, 0.1) is 0 Å². The molecule has 0 aliphatic carbocycles.